The summed E-state index contributed by atoms with van der Waals surface area (Å²) in [5.41, 5.74) is 3.26. The van der Waals surface area contributed by atoms with Crippen molar-refractivity contribution in [2.75, 3.05) is 27.4 Å². The molecule has 8 heteroatoms. The van der Waals surface area contributed by atoms with E-state index in [-0.39, 0.29) is 30.1 Å². The molecule has 0 bridgehead atoms. The van der Waals surface area contributed by atoms with Crippen LogP contribution >= 0.6 is 24.0 Å². The Kier molecular flexibility index (Phi) is 12.1. The lowest BCUT2D eigenvalue weighted by Crippen LogP contribution is -2.36. The van der Waals surface area contributed by atoms with Gasteiger partial charge >= 0.3 is 0 Å². The summed E-state index contributed by atoms with van der Waals surface area (Å²) in [6, 6.07) is 10.0. The van der Waals surface area contributed by atoms with E-state index < -0.39 is 0 Å². The molecule has 0 saturated carbocycles. The van der Waals surface area contributed by atoms with Gasteiger partial charge in [0.1, 0.15) is 12.4 Å². The van der Waals surface area contributed by atoms with Crippen LogP contribution in [0.3, 0.4) is 0 Å². The quantitative estimate of drug-likeness (QED) is 0.212. The lowest BCUT2D eigenvalue weighted by Gasteiger charge is -2.15. The highest BCUT2D eigenvalue weighted by atomic mass is 127. The van der Waals surface area contributed by atoms with Crippen molar-refractivity contribution in [2.45, 2.75) is 40.0 Å². The summed E-state index contributed by atoms with van der Waals surface area (Å²) < 4.78 is 16.5. The monoisotopic (exact) mass is 528 g/mol. The molecule has 2 rings (SSSR count). The van der Waals surface area contributed by atoms with Crippen molar-refractivity contribution in [3.63, 3.8) is 0 Å². The van der Waals surface area contributed by atoms with Gasteiger partial charge in [-0.3, -0.25) is 4.99 Å². The standard InChI is InChI=1S/C22H32N4O3.HI/c1-16(2)29-21-9-7-18(13-24-21)14-25-22(23-4)26-15-19-8-6-17(3)12-20(19)28-11-10-27-5;/h6-9,12-13,16H,10-11,14-15H2,1-5H3,(H2,23,25,26);1H. The van der Waals surface area contributed by atoms with Crippen LogP contribution in [-0.4, -0.2) is 44.4 Å². The molecule has 166 valence electrons. The number of aryl methyl sites for hydroxylation is 1. The van der Waals surface area contributed by atoms with E-state index in [0.717, 1.165) is 22.4 Å². The summed E-state index contributed by atoms with van der Waals surface area (Å²) in [5, 5.41) is 6.62. The zero-order valence-corrected chi connectivity index (χ0v) is 20.7. The predicted molar refractivity (Wildman–Crippen MR) is 131 cm³/mol. The van der Waals surface area contributed by atoms with Gasteiger partial charge in [-0.15, -0.1) is 24.0 Å². The Balaban J connectivity index is 0.00000450. The molecule has 2 aromatic rings. The number of aromatic nitrogens is 1. The van der Waals surface area contributed by atoms with Gasteiger partial charge in [0.25, 0.3) is 0 Å². The highest BCUT2D eigenvalue weighted by Gasteiger charge is 2.07. The van der Waals surface area contributed by atoms with Crippen LogP contribution in [0.1, 0.15) is 30.5 Å². The number of benzene rings is 1. The summed E-state index contributed by atoms with van der Waals surface area (Å²) in [7, 11) is 3.41. The molecule has 0 aliphatic rings. The minimum atomic E-state index is 0. The molecule has 0 amide bonds. The first-order valence-electron chi connectivity index (χ1n) is 9.79. The smallest absolute Gasteiger partial charge is 0.213 e. The topological polar surface area (TPSA) is 77.0 Å². The van der Waals surface area contributed by atoms with Gasteiger partial charge in [0.15, 0.2) is 5.96 Å². The average molecular weight is 528 g/mol. The largest absolute Gasteiger partial charge is 0.491 e. The Hall–Kier alpha value is -2.07. The normalized spacial score (nSPS) is 11.1. The Morgan fingerprint density at radius 3 is 2.50 bits per heavy atom. The SMILES string of the molecule is CN=C(NCc1ccc(OC(C)C)nc1)NCc1ccc(C)cc1OCCOC.I. The van der Waals surface area contributed by atoms with Crippen molar-refractivity contribution in [1.29, 1.82) is 0 Å². The van der Waals surface area contributed by atoms with E-state index in [4.69, 9.17) is 14.2 Å². The zero-order chi connectivity index (χ0) is 21.1. The van der Waals surface area contributed by atoms with Crippen LogP contribution in [0.25, 0.3) is 0 Å². The molecule has 0 aliphatic carbocycles. The maximum atomic E-state index is 5.85. The van der Waals surface area contributed by atoms with Crippen LogP contribution in [-0.2, 0) is 17.8 Å². The minimum Gasteiger partial charge on any atom is -0.491 e. The van der Waals surface area contributed by atoms with Gasteiger partial charge in [-0.05, 0) is 38.0 Å². The Bertz CT molecular complexity index is 782. The predicted octanol–water partition coefficient (Wildman–Crippen LogP) is 3.69. The van der Waals surface area contributed by atoms with E-state index in [2.05, 4.69) is 32.7 Å². The number of rotatable bonds is 10. The van der Waals surface area contributed by atoms with Gasteiger partial charge < -0.3 is 24.8 Å². The molecule has 1 aromatic heterocycles. The molecule has 2 N–H and O–H groups in total. The number of halogens is 1. The zero-order valence-electron chi connectivity index (χ0n) is 18.4. The molecular formula is C22H33IN4O3. The third-order valence-electron chi connectivity index (χ3n) is 4.05. The first-order valence-corrected chi connectivity index (χ1v) is 9.79. The van der Waals surface area contributed by atoms with E-state index in [9.17, 15) is 0 Å². The number of hydrogen-bond donors (Lipinski definition) is 2. The molecule has 0 fully saturated rings. The molecule has 0 saturated heterocycles. The van der Waals surface area contributed by atoms with Crippen LogP contribution in [0.4, 0.5) is 0 Å². The van der Waals surface area contributed by atoms with Crippen LogP contribution in [0.15, 0.2) is 41.5 Å². The van der Waals surface area contributed by atoms with Gasteiger partial charge in [0, 0.05) is 45.1 Å². The van der Waals surface area contributed by atoms with Gasteiger partial charge in [0.05, 0.1) is 12.7 Å². The maximum Gasteiger partial charge on any atom is 0.213 e. The molecular weight excluding hydrogens is 495 g/mol. The number of hydrogen-bond acceptors (Lipinski definition) is 5. The summed E-state index contributed by atoms with van der Waals surface area (Å²) in [4.78, 5) is 8.61. The molecule has 0 aliphatic heterocycles. The first-order chi connectivity index (χ1) is 14.0. The van der Waals surface area contributed by atoms with Crippen molar-refractivity contribution in [3.05, 3.63) is 53.2 Å². The van der Waals surface area contributed by atoms with Gasteiger partial charge in [-0.25, -0.2) is 4.98 Å². The Labute approximate surface area is 196 Å². The highest BCUT2D eigenvalue weighted by molar-refractivity contribution is 14.0. The van der Waals surface area contributed by atoms with E-state index in [1.54, 1.807) is 20.4 Å². The summed E-state index contributed by atoms with van der Waals surface area (Å²) in [6.45, 7) is 8.29. The first kappa shape index (κ1) is 26.0. The fourth-order valence-electron chi connectivity index (χ4n) is 2.59. The number of nitrogens with zero attached hydrogens (tertiary/aromatic N) is 2. The minimum absolute atomic E-state index is 0. The van der Waals surface area contributed by atoms with Crippen molar-refractivity contribution in [3.8, 4) is 11.6 Å². The lowest BCUT2D eigenvalue weighted by molar-refractivity contribution is 0.145. The number of pyridine rings is 1. The van der Waals surface area contributed by atoms with Crippen molar-refractivity contribution in [1.82, 2.24) is 15.6 Å². The number of aliphatic imine (C=N–C) groups is 1. The van der Waals surface area contributed by atoms with Crippen LogP contribution < -0.4 is 20.1 Å². The second kappa shape index (κ2) is 14.0. The van der Waals surface area contributed by atoms with Crippen LogP contribution in [0.2, 0.25) is 0 Å². The molecule has 1 aromatic carbocycles. The van der Waals surface area contributed by atoms with Gasteiger partial charge in [-0.1, -0.05) is 18.2 Å². The summed E-state index contributed by atoms with van der Waals surface area (Å²) in [5.74, 6) is 2.19. The second-order valence-corrected chi connectivity index (χ2v) is 6.90. The lowest BCUT2D eigenvalue weighted by atomic mass is 10.1. The number of ether oxygens (including phenoxy) is 3. The van der Waals surface area contributed by atoms with Crippen molar-refractivity contribution < 1.29 is 14.2 Å². The number of methoxy groups -OCH3 is 1. The second-order valence-electron chi connectivity index (χ2n) is 6.90. The third kappa shape index (κ3) is 9.17. The molecule has 7 nitrogen and oxygen atoms in total. The fourth-order valence-corrected chi connectivity index (χ4v) is 2.59. The van der Waals surface area contributed by atoms with E-state index >= 15 is 0 Å². The maximum absolute atomic E-state index is 5.85. The van der Waals surface area contributed by atoms with E-state index in [0.29, 0.717) is 38.1 Å². The van der Waals surface area contributed by atoms with Gasteiger partial charge in [-0.2, -0.15) is 0 Å². The highest BCUT2D eigenvalue weighted by Crippen LogP contribution is 2.20. The molecule has 0 atom stereocenters. The average Bonchev–Trinajstić information content (AvgIpc) is 2.70. The van der Waals surface area contributed by atoms with Crippen LogP contribution in [0, 0.1) is 6.92 Å². The summed E-state index contributed by atoms with van der Waals surface area (Å²) in [6.07, 6.45) is 1.92. The fraction of sp³-hybridized carbons (Fsp3) is 0.455. The third-order valence-corrected chi connectivity index (χ3v) is 4.05. The Morgan fingerprint density at radius 2 is 1.87 bits per heavy atom. The molecule has 0 unspecified atom stereocenters. The summed E-state index contributed by atoms with van der Waals surface area (Å²) >= 11 is 0. The van der Waals surface area contributed by atoms with Crippen molar-refractivity contribution in [2.24, 2.45) is 4.99 Å². The van der Waals surface area contributed by atoms with Crippen molar-refractivity contribution >= 4 is 29.9 Å². The van der Waals surface area contributed by atoms with E-state index in [1.165, 1.54) is 0 Å². The number of guanidine groups is 1. The van der Waals surface area contributed by atoms with Crippen LogP contribution in [0.5, 0.6) is 11.6 Å². The number of nitrogens with one attached hydrogen (secondary N) is 2. The Morgan fingerprint density at radius 1 is 1.10 bits per heavy atom. The molecule has 0 radical (unpaired) electrons. The molecule has 0 spiro atoms. The molecule has 30 heavy (non-hydrogen) atoms. The van der Waals surface area contributed by atoms with E-state index in [1.807, 2.05) is 39.0 Å². The molecule has 1 heterocycles. The van der Waals surface area contributed by atoms with Gasteiger partial charge in [0.2, 0.25) is 5.88 Å².